The minimum absolute atomic E-state index is 0.0169. The van der Waals surface area contributed by atoms with Crippen LogP contribution in [0.25, 0.3) is 16.5 Å². The van der Waals surface area contributed by atoms with Gasteiger partial charge < -0.3 is 5.11 Å². The summed E-state index contributed by atoms with van der Waals surface area (Å²) in [4.78, 5) is 27.2. The normalized spacial score (nSPS) is 17.6. The van der Waals surface area contributed by atoms with Crippen LogP contribution in [0.2, 0.25) is 0 Å². The molecule has 1 fully saturated rings. The van der Waals surface area contributed by atoms with Crippen molar-refractivity contribution in [2.45, 2.75) is 6.04 Å². The molecule has 6 heteroatoms. The number of benzene rings is 4. The summed E-state index contributed by atoms with van der Waals surface area (Å²) in [7, 11) is 0. The molecule has 1 aliphatic rings. The Labute approximate surface area is 188 Å². The Morgan fingerprint density at radius 2 is 1.52 bits per heavy atom. The van der Waals surface area contributed by atoms with Crippen LogP contribution < -0.4 is 4.90 Å². The molecule has 0 aromatic heterocycles. The molecule has 1 aliphatic heterocycles. The van der Waals surface area contributed by atoms with E-state index in [1.807, 2.05) is 24.3 Å². The molecular formula is C27H17F2NO3. The maximum atomic E-state index is 14.9. The van der Waals surface area contributed by atoms with Gasteiger partial charge in [0.15, 0.2) is 0 Å². The maximum Gasteiger partial charge on any atom is 0.300 e. The topological polar surface area (TPSA) is 57.6 Å². The molecule has 0 aliphatic carbocycles. The van der Waals surface area contributed by atoms with Gasteiger partial charge in [0.2, 0.25) is 0 Å². The number of rotatable bonds is 3. The van der Waals surface area contributed by atoms with Crippen molar-refractivity contribution >= 4 is 33.9 Å². The fraction of sp³-hybridized carbons (Fsp3) is 0.0370. The lowest BCUT2D eigenvalue weighted by Crippen LogP contribution is -2.30. The van der Waals surface area contributed by atoms with Gasteiger partial charge in [0.1, 0.15) is 17.4 Å². The van der Waals surface area contributed by atoms with Gasteiger partial charge in [0.25, 0.3) is 11.7 Å². The number of aliphatic hydroxyl groups is 1. The Balaban J connectivity index is 1.76. The Morgan fingerprint density at radius 3 is 2.27 bits per heavy atom. The number of aliphatic hydroxyl groups excluding tert-OH is 1. The number of amides is 1. The highest BCUT2D eigenvalue weighted by Crippen LogP contribution is 2.43. The minimum atomic E-state index is -1.26. The zero-order chi connectivity index (χ0) is 23.1. The van der Waals surface area contributed by atoms with Gasteiger partial charge >= 0.3 is 0 Å². The second-order valence-corrected chi connectivity index (χ2v) is 7.73. The lowest BCUT2D eigenvalue weighted by Gasteiger charge is -2.25. The number of Topliss-reactive ketones (excluding diaryl/α,β-unsaturated/α-hetero) is 1. The van der Waals surface area contributed by atoms with Gasteiger partial charge in [0.05, 0.1) is 11.6 Å². The van der Waals surface area contributed by atoms with E-state index in [1.165, 1.54) is 36.4 Å². The molecule has 0 spiro atoms. The van der Waals surface area contributed by atoms with E-state index in [4.69, 9.17) is 0 Å². The number of hydrogen-bond donors (Lipinski definition) is 1. The fourth-order valence-electron chi connectivity index (χ4n) is 4.21. The summed E-state index contributed by atoms with van der Waals surface area (Å²) in [5, 5.41) is 12.9. The Kier molecular flexibility index (Phi) is 4.98. The van der Waals surface area contributed by atoms with Crippen LogP contribution in [0.3, 0.4) is 0 Å². The van der Waals surface area contributed by atoms with Crippen LogP contribution in [-0.2, 0) is 9.59 Å². The maximum absolute atomic E-state index is 14.9. The summed E-state index contributed by atoms with van der Waals surface area (Å²) in [6.07, 6.45) is 0. The van der Waals surface area contributed by atoms with Gasteiger partial charge in [-0.3, -0.25) is 14.5 Å². The second-order valence-electron chi connectivity index (χ2n) is 7.73. The van der Waals surface area contributed by atoms with Crippen molar-refractivity contribution < 1.29 is 23.5 Å². The molecule has 4 aromatic carbocycles. The van der Waals surface area contributed by atoms with Crippen LogP contribution in [0.1, 0.15) is 17.2 Å². The largest absolute Gasteiger partial charge is 0.507 e. The van der Waals surface area contributed by atoms with Gasteiger partial charge in [-0.05, 0) is 41.1 Å². The van der Waals surface area contributed by atoms with Crippen molar-refractivity contribution in [1.82, 2.24) is 0 Å². The number of carbonyl (C=O) groups excluding carboxylic acids is 2. The average Bonchev–Trinajstić information content (AvgIpc) is 3.09. The Bertz CT molecular complexity index is 1460. The number of ketones is 1. The van der Waals surface area contributed by atoms with Gasteiger partial charge in [-0.2, -0.15) is 0 Å². The third-order valence-corrected chi connectivity index (χ3v) is 5.75. The number of fused-ring (bicyclic) bond motifs is 1. The zero-order valence-corrected chi connectivity index (χ0v) is 17.2. The molecule has 33 heavy (non-hydrogen) atoms. The summed E-state index contributed by atoms with van der Waals surface area (Å²) < 4.78 is 28.8. The lowest BCUT2D eigenvalue weighted by atomic mass is 9.94. The smallest absolute Gasteiger partial charge is 0.300 e. The van der Waals surface area contributed by atoms with Gasteiger partial charge in [0, 0.05) is 16.8 Å². The van der Waals surface area contributed by atoms with E-state index in [9.17, 15) is 23.5 Å². The molecule has 1 atom stereocenters. The van der Waals surface area contributed by atoms with E-state index in [-0.39, 0.29) is 16.8 Å². The molecule has 1 heterocycles. The van der Waals surface area contributed by atoms with E-state index in [2.05, 4.69) is 0 Å². The van der Waals surface area contributed by atoms with E-state index in [0.29, 0.717) is 5.56 Å². The highest BCUT2D eigenvalue weighted by Gasteiger charge is 2.47. The first kappa shape index (κ1) is 20.6. The number of carbonyl (C=O) groups is 2. The number of halogens is 2. The van der Waals surface area contributed by atoms with Crippen molar-refractivity contribution in [1.29, 1.82) is 0 Å². The Morgan fingerprint density at radius 1 is 0.788 bits per heavy atom. The summed E-state index contributed by atoms with van der Waals surface area (Å²) in [6, 6.07) is 22.2. The van der Waals surface area contributed by atoms with Crippen molar-refractivity contribution in [2.24, 2.45) is 0 Å². The molecule has 0 radical (unpaired) electrons. The fourth-order valence-corrected chi connectivity index (χ4v) is 4.21. The molecule has 1 amide bonds. The van der Waals surface area contributed by atoms with Crippen LogP contribution in [-0.4, -0.2) is 16.8 Å². The monoisotopic (exact) mass is 441 g/mol. The van der Waals surface area contributed by atoms with E-state index < -0.39 is 35.1 Å². The third kappa shape index (κ3) is 3.46. The quantitative estimate of drug-likeness (QED) is 0.250. The summed E-state index contributed by atoms with van der Waals surface area (Å²) in [5.41, 5.74) is 0.156. The predicted molar refractivity (Wildman–Crippen MR) is 122 cm³/mol. The van der Waals surface area contributed by atoms with Crippen molar-refractivity contribution in [3.8, 4) is 0 Å². The highest BCUT2D eigenvalue weighted by atomic mass is 19.1. The first-order valence-electron chi connectivity index (χ1n) is 10.3. The molecule has 4 nitrogen and oxygen atoms in total. The summed E-state index contributed by atoms with van der Waals surface area (Å²) in [5.74, 6) is -3.65. The van der Waals surface area contributed by atoms with Crippen molar-refractivity contribution in [2.75, 3.05) is 4.90 Å². The molecule has 1 unspecified atom stereocenters. The van der Waals surface area contributed by atoms with E-state index >= 15 is 0 Å². The third-order valence-electron chi connectivity index (χ3n) is 5.75. The molecule has 4 aromatic rings. The lowest BCUT2D eigenvalue weighted by molar-refractivity contribution is -0.132. The molecule has 1 N–H and O–H groups in total. The number of anilines is 1. The van der Waals surface area contributed by atoms with Crippen LogP contribution in [0.4, 0.5) is 14.5 Å². The van der Waals surface area contributed by atoms with E-state index in [0.717, 1.165) is 21.7 Å². The van der Waals surface area contributed by atoms with Crippen molar-refractivity contribution in [3.05, 3.63) is 119 Å². The van der Waals surface area contributed by atoms with Crippen LogP contribution in [0.5, 0.6) is 0 Å². The van der Waals surface area contributed by atoms with Crippen LogP contribution >= 0.6 is 0 Å². The first-order chi connectivity index (χ1) is 16.0. The zero-order valence-electron chi connectivity index (χ0n) is 17.2. The van der Waals surface area contributed by atoms with Gasteiger partial charge in [-0.25, -0.2) is 8.78 Å². The SMILES string of the molecule is O=C1C(=O)N(c2cccc(F)c2)C(c2ccccc2F)/C1=C(\O)c1ccc2ccccc2c1. The first-order valence-corrected chi connectivity index (χ1v) is 10.3. The second kappa shape index (κ2) is 7.98. The van der Waals surface area contributed by atoms with Gasteiger partial charge in [-0.1, -0.05) is 60.7 Å². The molecule has 1 saturated heterocycles. The van der Waals surface area contributed by atoms with Crippen LogP contribution in [0, 0.1) is 11.6 Å². The summed E-state index contributed by atoms with van der Waals surface area (Å²) in [6.45, 7) is 0. The van der Waals surface area contributed by atoms with Gasteiger partial charge in [-0.15, -0.1) is 0 Å². The highest BCUT2D eigenvalue weighted by molar-refractivity contribution is 6.51. The Hall–Kier alpha value is -4.32. The number of hydrogen-bond acceptors (Lipinski definition) is 3. The van der Waals surface area contributed by atoms with Crippen molar-refractivity contribution in [3.63, 3.8) is 0 Å². The average molecular weight is 441 g/mol. The standard InChI is InChI=1S/C27H17F2NO3/c28-19-8-5-9-20(15-19)30-24(21-10-3-4-11-22(21)29)23(26(32)27(30)33)25(31)18-13-12-16-6-1-2-7-17(16)14-18/h1-15,24,31H/b25-23+. The predicted octanol–water partition coefficient (Wildman–Crippen LogP) is 5.74. The molecule has 0 saturated carbocycles. The van der Waals surface area contributed by atoms with Crippen LogP contribution in [0.15, 0.2) is 96.6 Å². The molecule has 0 bridgehead atoms. The summed E-state index contributed by atoms with van der Waals surface area (Å²) >= 11 is 0. The van der Waals surface area contributed by atoms with E-state index in [1.54, 1.807) is 24.3 Å². The number of nitrogens with zero attached hydrogens (tertiary/aromatic N) is 1. The molecule has 5 rings (SSSR count). The minimum Gasteiger partial charge on any atom is -0.507 e. The molecule has 162 valence electrons. The molecular weight excluding hydrogens is 424 g/mol.